The molecule has 11 heavy (non-hydrogen) atoms. The fraction of sp³-hybridized carbons (Fsp3) is 0.500. The van der Waals surface area contributed by atoms with Crippen LogP contribution in [0.2, 0.25) is 0 Å². The van der Waals surface area contributed by atoms with Crippen LogP contribution in [0.15, 0.2) is 12.1 Å². The third-order valence-electron chi connectivity index (χ3n) is 1.90. The largest absolute Gasteiger partial charge is 0.349 e. The third kappa shape index (κ3) is 1.61. The molecule has 0 bridgehead atoms. The molecule has 1 heterocycles. The molecule has 0 saturated carbocycles. The summed E-state index contributed by atoms with van der Waals surface area (Å²) in [7, 11) is 3.98. The normalized spacial score (nSPS) is 10.5. The lowest BCUT2D eigenvalue weighted by atomic mass is 10.4. The van der Waals surface area contributed by atoms with E-state index in [1.54, 1.807) is 0 Å². The molecule has 0 fully saturated rings. The number of rotatable bonds is 3. The number of nitrogens with zero attached hydrogens (tertiary/aromatic N) is 1. The highest BCUT2D eigenvalue weighted by Gasteiger charge is 2.00. The van der Waals surface area contributed by atoms with Gasteiger partial charge in [0.2, 0.25) is 0 Å². The van der Waals surface area contributed by atoms with Crippen molar-refractivity contribution >= 4 is 0 Å². The van der Waals surface area contributed by atoms with Crippen molar-refractivity contribution in [2.24, 2.45) is 12.8 Å². The molecular weight excluding hydrogens is 138 g/mol. The Kier molecular flexibility index (Phi) is 2.68. The SMILES string of the molecule is CNCc1ccc(CN)n1C. The van der Waals surface area contributed by atoms with Gasteiger partial charge in [-0.05, 0) is 19.2 Å². The van der Waals surface area contributed by atoms with Crippen LogP contribution < -0.4 is 11.1 Å². The van der Waals surface area contributed by atoms with Crippen LogP contribution in [0.1, 0.15) is 11.4 Å². The van der Waals surface area contributed by atoms with E-state index < -0.39 is 0 Å². The second-order valence-corrected chi connectivity index (χ2v) is 2.61. The van der Waals surface area contributed by atoms with Crippen LogP contribution in [0.3, 0.4) is 0 Å². The summed E-state index contributed by atoms with van der Waals surface area (Å²) < 4.78 is 2.12. The third-order valence-corrected chi connectivity index (χ3v) is 1.90. The lowest BCUT2D eigenvalue weighted by molar-refractivity contribution is 0.709. The predicted molar refractivity (Wildman–Crippen MR) is 46.1 cm³/mol. The Balaban J connectivity index is 2.82. The average Bonchev–Trinajstić information content (AvgIpc) is 2.34. The molecule has 0 spiro atoms. The maximum Gasteiger partial charge on any atom is 0.0356 e. The molecule has 62 valence electrons. The lowest BCUT2D eigenvalue weighted by Crippen LogP contribution is -2.11. The monoisotopic (exact) mass is 153 g/mol. The van der Waals surface area contributed by atoms with Crippen molar-refractivity contribution in [1.82, 2.24) is 9.88 Å². The molecular formula is C8H15N3. The second-order valence-electron chi connectivity index (χ2n) is 2.61. The van der Waals surface area contributed by atoms with Gasteiger partial charge in [-0.3, -0.25) is 0 Å². The molecule has 0 amide bonds. The topological polar surface area (TPSA) is 43.0 Å². The number of nitrogens with one attached hydrogen (secondary N) is 1. The zero-order valence-corrected chi connectivity index (χ0v) is 7.09. The molecule has 0 unspecified atom stereocenters. The van der Waals surface area contributed by atoms with Crippen molar-refractivity contribution in [3.8, 4) is 0 Å². The maximum atomic E-state index is 5.52. The summed E-state index contributed by atoms with van der Waals surface area (Å²) in [5, 5.41) is 3.10. The molecule has 3 nitrogen and oxygen atoms in total. The van der Waals surface area contributed by atoms with Crippen LogP contribution in [-0.4, -0.2) is 11.6 Å². The Morgan fingerprint density at radius 2 is 2.09 bits per heavy atom. The molecule has 3 heteroatoms. The first kappa shape index (κ1) is 8.30. The highest BCUT2D eigenvalue weighted by atomic mass is 15.0. The van der Waals surface area contributed by atoms with Gasteiger partial charge in [-0.2, -0.15) is 0 Å². The molecule has 0 aromatic carbocycles. The van der Waals surface area contributed by atoms with Crippen LogP contribution in [0, 0.1) is 0 Å². The molecule has 0 aliphatic heterocycles. The smallest absolute Gasteiger partial charge is 0.0356 e. The summed E-state index contributed by atoms with van der Waals surface area (Å²) in [6.45, 7) is 1.51. The van der Waals surface area contributed by atoms with Crippen LogP contribution in [0.25, 0.3) is 0 Å². The number of nitrogens with two attached hydrogens (primary N) is 1. The quantitative estimate of drug-likeness (QED) is 0.651. The lowest BCUT2D eigenvalue weighted by Gasteiger charge is -2.04. The van der Waals surface area contributed by atoms with Crippen LogP contribution >= 0.6 is 0 Å². The van der Waals surface area contributed by atoms with Crippen molar-refractivity contribution in [3.05, 3.63) is 23.5 Å². The van der Waals surface area contributed by atoms with Crippen molar-refractivity contribution in [1.29, 1.82) is 0 Å². The summed E-state index contributed by atoms with van der Waals surface area (Å²) in [6.07, 6.45) is 0. The van der Waals surface area contributed by atoms with E-state index in [0.717, 1.165) is 6.54 Å². The van der Waals surface area contributed by atoms with Crippen molar-refractivity contribution < 1.29 is 0 Å². The van der Waals surface area contributed by atoms with Crippen molar-refractivity contribution in [3.63, 3.8) is 0 Å². The van der Waals surface area contributed by atoms with E-state index >= 15 is 0 Å². The van der Waals surface area contributed by atoms with E-state index in [1.165, 1.54) is 11.4 Å². The molecule has 0 radical (unpaired) electrons. The van der Waals surface area contributed by atoms with Gasteiger partial charge in [0.15, 0.2) is 0 Å². The molecule has 0 saturated heterocycles. The Bertz CT molecular complexity index is 227. The molecule has 3 N–H and O–H groups in total. The van der Waals surface area contributed by atoms with Crippen molar-refractivity contribution in [2.75, 3.05) is 7.05 Å². The molecule has 0 aliphatic carbocycles. The maximum absolute atomic E-state index is 5.52. The van der Waals surface area contributed by atoms with Crippen LogP contribution in [-0.2, 0) is 20.1 Å². The van der Waals surface area contributed by atoms with Gasteiger partial charge in [-0.1, -0.05) is 0 Å². The van der Waals surface area contributed by atoms with Gasteiger partial charge in [0, 0.05) is 31.5 Å². The molecule has 0 atom stereocenters. The summed E-state index contributed by atoms with van der Waals surface area (Å²) in [6, 6.07) is 4.16. The highest BCUT2D eigenvalue weighted by Crippen LogP contribution is 2.05. The fourth-order valence-electron chi connectivity index (χ4n) is 1.16. The standard InChI is InChI=1S/C8H15N3/c1-10-6-8-4-3-7(5-9)11(8)2/h3-4,10H,5-6,9H2,1-2H3. The van der Waals surface area contributed by atoms with Gasteiger partial charge in [-0.25, -0.2) is 0 Å². The van der Waals surface area contributed by atoms with E-state index in [4.69, 9.17) is 5.73 Å². The highest BCUT2D eigenvalue weighted by molar-refractivity contribution is 5.15. The van der Waals surface area contributed by atoms with E-state index in [1.807, 2.05) is 14.1 Å². The van der Waals surface area contributed by atoms with Gasteiger partial charge in [0.05, 0.1) is 0 Å². The van der Waals surface area contributed by atoms with Gasteiger partial charge in [0.1, 0.15) is 0 Å². The van der Waals surface area contributed by atoms with Gasteiger partial charge >= 0.3 is 0 Å². The van der Waals surface area contributed by atoms with Crippen LogP contribution in [0.4, 0.5) is 0 Å². The van der Waals surface area contributed by atoms with Crippen LogP contribution in [0.5, 0.6) is 0 Å². The minimum absolute atomic E-state index is 0.611. The fourth-order valence-corrected chi connectivity index (χ4v) is 1.16. The summed E-state index contributed by atoms with van der Waals surface area (Å²) in [5.74, 6) is 0. The van der Waals surface area contributed by atoms with Crippen molar-refractivity contribution in [2.45, 2.75) is 13.1 Å². The molecule has 1 rings (SSSR count). The first-order valence-corrected chi connectivity index (χ1v) is 3.77. The van der Waals surface area contributed by atoms with E-state index in [0.29, 0.717) is 6.54 Å². The Labute approximate surface area is 67.2 Å². The summed E-state index contributed by atoms with van der Waals surface area (Å²) in [4.78, 5) is 0. The average molecular weight is 153 g/mol. The number of hydrogen-bond donors (Lipinski definition) is 2. The number of hydrogen-bond acceptors (Lipinski definition) is 2. The summed E-state index contributed by atoms with van der Waals surface area (Å²) >= 11 is 0. The molecule has 1 aromatic rings. The van der Waals surface area contributed by atoms with E-state index in [9.17, 15) is 0 Å². The summed E-state index contributed by atoms with van der Waals surface area (Å²) in [5.41, 5.74) is 7.97. The van der Waals surface area contributed by atoms with Gasteiger partial charge in [0.25, 0.3) is 0 Å². The van der Waals surface area contributed by atoms with Gasteiger partial charge < -0.3 is 15.6 Å². The first-order chi connectivity index (χ1) is 5.29. The minimum Gasteiger partial charge on any atom is -0.349 e. The second kappa shape index (κ2) is 3.55. The number of aromatic nitrogens is 1. The van der Waals surface area contributed by atoms with E-state index in [2.05, 4.69) is 22.0 Å². The minimum atomic E-state index is 0.611. The molecule has 0 aliphatic rings. The Hall–Kier alpha value is -0.800. The molecule has 1 aromatic heterocycles. The first-order valence-electron chi connectivity index (χ1n) is 3.77. The van der Waals surface area contributed by atoms with Gasteiger partial charge in [-0.15, -0.1) is 0 Å². The zero-order valence-electron chi connectivity index (χ0n) is 7.09. The zero-order chi connectivity index (χ0) is 8.27. The van der Waals surface area contributed by atoms with E-state index in [-0.39, 0.29) is 0 Å². The Morgan fingerprint density at radius 3 is 2.55 bits per heavy atom. The predicted octanol–water partition coefficient (Wildman–Crippen LogP) is 0.203. The Morgan fingerprint density at radius 1 is 1.45 bits per heavy atom.